The third-order valence-electron chi connectivity index (χ3n) is 2.76. The molecule has 0 spiro atoms. The van der Waals surface area contributed by atoms with Crippen LogP contribution in [0.2, 0.25) is 0 Å². The number of pyridine rings is 1. The zero-order chi connectivity index (χ0) is 11.5. The number of nitrogens with one attached hydrogen (secondary N) is 1. The lowest BCUT2D eigenvalue weighted by atomic mass is 10.1. The molecule has 0 saturated heterocycles. The highest BCUT2D eigenvalue weighted by Crippen LogP contribution is 2.22. The van der Waals surface area contributed by atoms with Crippen LogP contribution in [0, 0.1) is 12.8 Å². The van der Waals surface area contributed by atoms with Crippen LogP contribution in [0.4, 0.5) is 5.82 Å². The molecule has 0 unspecified atom stereocenters. The third kappa shape index (κ3) is 2.62. The summed E-state index contributed by atoms with van der Waals surface area (Å²) in [7, 11) is 0. The van der Waals surface area contributed by atoms with E-state index >= 15 is 0 Å². The first kappa shape index (κ1) is 11.6. The molecule has 2 atom stereocenters. The number of hydrogen-bond acceptors (Lipinski definition) is 3. The largest absolute Gasteiger partial charge is 0.396 e. The minimum Gasteiger partial charge on any atom is -0.396 e. The number of aliphatic hydroxyl groups excluding tert-OH is 1. The Balaban J connectivity index is 2.00. The Labute approximate surface area is 104 Å². The van der Waals surface area contributed by atoms with Gasteiger partial charge in [0.2, 0.25) is 0 Å². The maximum absolute atomic E-state index is 9.03. The second-order valence-electron chi connectivity index (χ2n) is 4.08. The summed E-state index contributed by atoms with van der Waals surface area (Å²) in [6, 6.07) is 4.23. The monoisotopic (exact) mass is 282 g/mol. The molecule has 0 radical (unpaired) electrons. The van der Waals surface area contributed by atoms with Crippen molar-refractivity contribution in [3.8, 4) is 0 Å². The number of hydrogen-bond donors (Lipinski definition) is 2. The molecular formula is C12H15BrN2O. The van der Waals surface area contributed by atoms with E-state index in [2.05, 4.69) is 38.4 Å². The Hall–Kier alpha value is -0.870. The van der Waals surface area contributed by atoms with E-state index in [-0.39, 0.29) is 18.6 Å². The quantitative estimate of drug-likeness (QED) is 0.838. The topological polar surface area (TPSA) is 45.2 Å². The van der Waals surface area contributed by atoms with Gasteiger partial charge < -0.3 is 10.4 Å². The molecule has 16 heavy (non-hydrogen) atoms. The molecular weight excluding hydrogens is 268 g/mol. The highest BCUT2D eigenvalue weighted by atomic mass is 79.9. The van der Waals surface area contributed by atoms with E-state index in [0.29, 0.717) is 0 Å². The fraction of sp³-hybridized carbons (Fsp3) is 0.417. The standard InChI is InChI=1S/C12H15BrN2O/c1-8-11(13)4-5-12(14-8)15-10-3-2-9(6-10)7-16/h2-5,9-10,16H,6-7H2,1H3,(H,14,15)/t9-,10+/m0/s1. The third-order valence-corrected chi connectivity index (χ3v) is 3.60. The Morgan fingerprint density at radius 2 is 2.31 bits per heavy atom. The summed E-state index contributed by atoms with van der Waals surface area (Å²) in [4.78, 5) is 4.43. The van der Waals surface area contributed by atoms with E-state index < -0.39 is 0 Å². The number of aliphatic hydroxyl groups is 1. The second-order valence-corrected chi connectivity index (χ2v) is 4.93. The molecule has 0 amide bonds. The van der Waals surface area contributed by atoms with Crippen LogP contribution in [0.5, 0.6) is 0 Å². The van der Waals surface area contributed by atoms with Gasteiger partial charge in [0.1, 0.15) is 5.82 Å². The summed E-state index contributed by atoms with van der Waals surface area (Å²) in [5, 5.41) is 12.4. The molecule has 1 aromatic rings. The van der Waals surface area contributed by atoms with Gasteiger partial charge in [-0.05, 0) is 41.4 Å². The number of halogens is 1. The minimum absolute atomic E-state index is 0.224. The fourth-order valence-electron chi connectivity index (χ4n) is 1.83. The lowest BCUT2D eigenvalue weighted by Gasteiger charge is -2.13. The predicted octanol–water partition coefficient (Wildman–Crippen LogP) is 2.50. The summed E-state index contributed by atoms with van der Waals surface area (Å²) in [6.45, 7) is 2.19. The maximum atomic E-state index is 9.03. The van der Waals surface area contributed by atoms with E-state index in [9.17, 15) is 0 Å². The first-order chi connectivity index (χ1) is 7.69. The van der Waals surface area contributed by atoms with Crippen molar-refractivity contribution in [2.45, 2.75) is 19.4 Å². The Morgan fingerprint density at radius 3 is 2.94 bits per heavy atom. The number of anilines is 1. The molecule has 1 aromatic heterocycles. The highest BCUT2D eigenvalue weighted by molar-refractivity contribution is 9.10. The maximum Gasteiger partial charge on any atom is 0.126 e. The van der Waals surface area contributed by atoms with Crippen molar-refractivity contribution in [1.29, 1.82) is 0 Å². The van der Waals surface area contributed by atoms with Crippen LogP contribution in [0.25, 0.3) is 0 Å². The second kappa shape index (κ2) is 4.97. The first-order valence-corrected chi connectivity index (χ1v) is 6.17. The van der Waals surface area contributed by atoms with Crippen molar-refractivity contribution < 1.29 is 5.11 Å². The molecule has 4 heteroatoms. The molecule has 0 fully saturated rings. The molecule has 1 aliphatic carbocycles. The van der Waals surface area contributed by atoms with Crippen LogP contribution in [0.3, 0.4) is 0 Å². The van der Waals surface area contributed by atoms with E-state index in [0.717, 1.165) is 22.4 Å². The lowest BCUT2D eigenvalue weighted by Crippen LogP contribution is -2.17. The van der Waals surface area contributed by atoms with Crippen molar-refractivity contribution in [2.75, 3.05) is 11.9 Å². The summed E-state index contributed by atoms with van der Waals surface area (Å²) < 4.78 is 1.02. The average molecular weight is 283 g/mol. The average Bonchev–Trinajstić information content (AvgIpc) is 2.71. The number of aromatic nitrogens is 1. The lowest BCUT2D eigenvalue weighted by molar-refractivity contribution is 0.250. The van der Waals surface area contributed by atoms with Gasteiger partial charge >= 0.3 is 0 Å². The van der Waals surface area contributed by atoms with Gasteiger partial charge in [0.25, 0.3) is 0 Å². The molecule has 0 aliphatic heterocycles. The Bertz CT molecular complexity index is 406. The van der Waals surface area contributed by atoms with Gasteiger partial charge in [0.15, 0.2) is 0 Å². The molecule has 3 nitrogen and oxygen atoms in total. The van der Waals surface area contributed by atoms with Crippen molar-refractivity contribution in [3.63, 3.8) is 0 Å². The SMILES string of the molecule is Cc1nc(N[C@@H]2C=C[C@H](CO)C2)ccc1Br. The van der Waals surface area contributed by atoms with Gasteiger partial charge in [0.05, 0.1) is 5.69 Å². The number of aryl methyl sites for hydroxylation is 1. The summed E-state index contributed by atoms with van der Waals surface area (Å²) in [6.07, 6.45) is 5.09. The summed E-state index contributed by atoms with van der Waals surface area (Å²) in [5.74, 6) is 1.17. The van der Waals surface area contributed by atoms with Crippen molar-refractivity contribution in [2.24, 2.45) is 5.92 Å². The van der Waals surface area contributed by atoms with E-state index in [1.807, 2.05) is 19.1 Å². The molecule has 0 bridgehead atoms. The zero-order valence-electron chi connectivity index (χ0n) is 9.15. The Morgan fingerprint density at radius 1 is 1.50 bits per heavy atom. The van der Waals surface area contributed by atoms with E-state index in [1.54, 1.807) is 0 Å². The van der Waals surface area contributed by atoms with Gasteiger partial charge in [-0.25, -0.2) is 4.98 Å². The Kier molecular flexibility index (Phi) is 3.61. The molecule has 0 aromatic carbocycles. The highest BCUT2D eigenvalue weighted by Gasteiger charge is 2.18. The van der Waals surface area contributed by atoms with Gasteiger partial charge in [0, 0.05) is 23.0 Å². The van der Waals surface area contributed by atoms with Gasteiger partial charge in [-0.3, -0.25) is 0 Å². The van der Waals surface area contributed by atoms with E-state index in [1.165, 1.54) is 0 Å². The molecule has 0 saturated carbocycles. The van der Waals surface area contributed by atoms with Crippen molar-refractivity contribution in [3.05, 3.63) is 34.5 Å². The van der Waals surface area contributed by atoms with Gasteiger partial charge in [-0.2, -0.15) is 0 Å². The zero-order valence-corrected chi connectivity index (χ0v) is 10.7. The molecule has 1 aliphatic rings. The molecule has 2 N–H and O–H groups in total. The van der Waals surface area contributed by atoms with Crippen molar-refractivity contribution >= 4 is 21.7 Å². The van der Waals surface area contributed by atoms with Crippen LogP contribution >= 0.6 is 15.9 Å². The van der Waals surface area contributed by atoms with Crippen LogP contribution in [-0.4, -0.2) is 22.7 Å². The van der Waals surface area contributed by atoms with Crippen LogP contribution in [0.1, 0.15) is 12.1 Å². The number of nitrogens with zero attached hydrogens (tertiary/aromatic N) is 1. The predicted molar refractivity (Wildman–Crippen MR) is 68.4 cm³/mol. The van der Waals surface area contributed by atoms with Crippen LogP contribution in [-0.2, 0) is 0 Å². The van der Waals surface area contributed by atoms with Crippen LogP contribution in [0.15, 0.2) is 28.8 Å². The molecule has 86 valence electrons. The normalized spacial score (nSPS) is 23.7. The van der Waals surface area contributed by atoms with Gasteiger partial charge in [-0.15, -0.1) is 0 Å². The fourth-order valence-corrected chi connectivity index (χ4v) is 2.05. The van der Waals surface area contributed by atoms with Crippen molar-refractivity contribution in [1.82, 2.24) is 4.98 Å². The summed E-state index contributed by atoms with van der Waals surface area (Å²) >= 11 is 3.43. The number of rotatable bonds is 3. The minimum atomic E-state index is 0.224. The van der Waals surface area contributed by atoms with E-state index in [4.69, 9.17) is 5.11 Å². The first-order valence-electron chi connectivity index (χ1n) is 5.38. The van der Waals surface area contributed by atoms with Crippen LogP contribution < -0.4 is 5.32 Å². The summed E-state index contributed by atoms with van der Waals surface area (Å²) in [5.41, 5.74) is 0.977. The smallest absolute Gasteiger partial charge is 0.126 e. The molecule has 2 rings (SSSR count). The molecule has 1 heterocycles. The van der Waals surface area contributed by atoms with Gasteiger partial charge in [-0.1, -0.05) is 12.2 Å².